The highest BCUT2D eigenvalue weighted by atomic mass is 32.1. The second kappa shape index (κ2) is 9.73. The van der Waals surface area contributed by atoms with Gasteiger partial charge >= 0.3 is 6.03 Å². The van der Waals surface area contributed by atoms with Gasteiger partial charge < -0.3 is 10.2 Å². The van der Waals surface area contributed by atoms with Gasteiger partial charge in [0.2, 0.25) is 11.8 Å². The Hall–Kier alpha value is -3.96. The second-order valence-corrected chi connectivity index (χ2v) is 11.1. The maximum Gasteiger partial charge on any atom is 0.496 e. The Morgan fingerprint density at radius 2 is 2.03 bits per heavy atom. The number of carbonyl (C=O) groups excluding carboxylic acids is 4. The van der Waals surface area contributed by atoms with Crippen molar-refractivity contribution in [3.8, 4) is 0 Å². The molecule has 38 heavy (non-hydrogen) atoms. The lowest BCUT2D eigenvalue weighted by molar-refractivity contribution is -0.325. The van der Waals surface area contributed by atoms with Gasteiger partial charge in [-0.25, -0.2) is 10.3 Å². The van der Waals surface area contributed by atoms with Crippen LogP contribution in [-0.4, -0.2) is 58.0 Å². The van der Waals surface area contributed by atoms with E-state index in [4.69, 9.17) is 4.98 Å². The van der Waals surface area contributed by atoms with Crippen LogP contribution in [-0.2, 0) is 28.2 Å². The maximum atomic E-state index is 13.2. The van der Waals surface area contributed by atoms with Crippen LogP contribution in [0.4, 0.5) is 10.5 Å². The van der Waals surface area contributed by atoms with Gasteiger partial charge in [0.05, 0.1) is 16.9 Å². The van der Waals surface area contributed by atoms with Crippen LogP contribution in [0.3, 0.4) is 0 Å². The van der Waals surface area contributed by atoms with Crippen molar-refractivity contribution in [3.63, 3.8) is 0 Å². The van der Waals surface area contributed by atoms with Gasteiger partial charge in [0.25, 0.3) is 5.91 Å². The smallest absolute Gasteiger partial charge is 0.322 e. The first-order valence-corrected chi connectivity index (χ1v) is 13.1. The predicted molar refractivity (Wildman–Crippen MR) is 143 cm³/mol. The normalized spacial score (nSPS) is 17.5. The minimum Gasteiger partial charge on any atom is -0.322 e. The second-order valence-electron chi connectivity index (χ2n) is 10.1. The van der Waals surface area contributed by atoms with E-state index in [1.165, 1.54) is 20.8 Å². The lowest BCUT2D eigenvalue weighted by Gasteiger charge is -2.29. The highest BCUT2D eigenvalue weighted by Crippen LogP contribution is 2.32. The van der Waals surface area contributed by atoms with Crippen molar-refractivity contribution < 1.29 is 23.8 Å². The van der Waals surface area contributed by atoms with E-state index in [-0.39, 0.29) is 24.8 Å². The lowest BCUT2D eigenvalue weighted by atomic mass is 10.0. The molecular formula is C27H29N6O4S+. The summed E-state index contributed by atoms with van der Waals surface area (Å²) in [4.78, 5) is 56.2. The van der Waals surface area contributed by atoms with E-state index in [0.717, 1.165) is 27.3 Å². The largest absolute Gasteiger partial charge is 0.496 e. The highest BCUT2D eigenvalue weighted by molar-refractivity contribution is 7.18. The van der Waals surface area contributed by atoms with Gasteiger partial charge in [-0.15, -0.1) is 11.3 Å². The van der Waals surface area contributed by atoms with Crippen LogP contribution in [0.2, 0.25) is 0 Å². The minimum atomic E-state index is -0.755. The molecule has 1 aromatic heterocycles. The summed E-state index contributed by atoms with van der Waals surface area (Å²) in [5.41, 5.74) is 2.96. The Morgan fingerprint density at radius 3 is 2.76 bits per heavy atom. The van der Waals surface area contributed by atoms with E-state index >= 15 is 0 Å². The molecule has 3 N–H and O–H groups in total. The van der Waals surface area contributed by atoms with Crippen LogP contribution in [0.5, 0.6) is 0 Å². The standard InChI is InChI=1S/C27H28N6O4S/c1-27(2,25-29-19-8-5-15(13-28-3)11-21(19)38-25)31-26(37)32(4)17-6-7-18-16(12-17)14-33(24(18)36)20-9-10-22(34)30-23(20)35/h5-8,11-12,20,28H,4,9-10,13-14H2,1-3H3,(H-,30,31,34,35,37)/p+1. The number of hydrogen-bond donors (Lipinski definition) is 3. The fourth-order valence-electron chi connectivity index (χ4n) is 4.78. The number of imide groups is 1. The maximum absolute atomic E-state index is 13.2. The van der Waals surface area contributed by atoms with E-state index in [2.05, 4.69) is 28.7 Å². The molecule has 5 rings (SSSR count). The van der Waals surface area contributed by atoms with Crippen molar-refractivity contribution in [2.45, 2.75) is 51.4 Å². The first-order valence-electron chi connectivity index (χ1n) is 12.3. The Bertz CT molecular complexity index is 1510. The molecule has 10 nitrogen and oxygen atoms in total. The van der Waals surface area contributed by atoms with Gasteiger partial charge in [0, 0.05) is 25.1 Å². The number of nitrogens with one attached hydrogen (secondary N) is 3. The quantitative estimate of drug-likeness (QED) is 0.254. The number of benzene rings is 2. The van der Waals surface area contributed by atoms with Gasteiger partial charge in [0.15, 0.2) is 5.54 Å². The van der Waals surface area contributed by atoms with E-state index in [0.29, 0.717) is 23.2 Å². The summed E-state index contributed by atoms with van der Waals surface area (Å²) in [6.45, 7) is 8.70. The molecule has 2 aliphatic rings. The summed E-state index contributed by atoms with van der Waals surface area (Å²) < 4.78 is 2.30. The van der Waals surface area contributed by atoms with Gasteiger partial charge in [-0.1, -0.05) is 6.07 Å². The van der Waals surface area contributed by atoms with Gasteiger partial charge in [-0.3, -0.25) is 19.7 Å². The third-order valence-corrected chi connectivity index (χ3v) is 8.19. The van der Waals surface area contributed by atoms with E-state index in [1.807, 2.05) is 33.0 Å². The number of thiazole rings is 1. The Kier molecular flexibility index (Phi) is 6.58. The Labute approximate surface area is 223 Å². The molecular weight excluding hydrogens is 504 g/mol. The van der Waals surface area contributed by atoms with E-state index < -0.39 is 23.5 Å². The molecule has 0 spiro atoms. The third-order valence-electron chi connectivity index (χ3n) is 6.85. The number of fused-ring (bicyclic) bond motifs is 2. The molecule has 1 unspecified atom stereocenters. The third kappa shape index (κ3) is 4.70. The molecule has 3 heterocycles. The van der Waals surface area contributed by atoms with Crippen molar-refractivity contribution in [1.82, 2.24) is 25.8 Å². The molecule has 0 bridgehead atoms. The number of piperidine rings is 1. The first-order chi connectivity index (χ1) is 18.1. The molecule has 2 aliphatic heterocycles. The van der Waals surface area contributed by atoms with Crippen LogP contribution in [0.1, 0.15) is 53.2 Å². The summed E-state index contributed by atoms with van der Waals surface area (Å²) in [7, 11) is 1.90. The van der Waals surface area contributed by atoms with Crippen molar-refractivity contribution >= 4 is 57.7 Å². The fraction of sp³-hybridized carbons (Fsp3) is 0.333. The van der Waals surface area contributed by atoms with E-state index in [9.17, 15) is 19.2 Å². The summed E-state index contributed by atoms with van der Waals surface area (Å²) in [5, 5.41) is 9.23. The molecule has 1 saturated heterocycles. The minimum absolute atomic E-state index is 0.191. The molecule has 0 radical (unpaired) electrons. The number of amides is 5. The van der Waals surface area contributed by atoms with Gasteiger partial charge in [-0.2, -0.15) is 9.37 Å². The average Bonchev–Trinajstić information content (AvgIpc) is 3.45. The molecule has 2 aromatic carbocycles. The number of hydrogen-bond acceptors (Lipinski definition) is 7. The average molecular weight is 534 g/mol. The van der Waals surface area contributed by atoms with Crippen LogP contribution in [0.15, 0.2) is 36.4 Å². The predicted octanol–water partition coefficient (Wildman–Crippen LogP) is 2.77. The molecule has 196 valence electrons. The number of nitrogens with zero attached hydrogens (tertiary/aromatic N) is 3. The summed E-state index contributed by atoms with van der Waals surface area (Å²) in [6.07, 6.45) is 0.481. The van der Waals surface area contributed by atoms with Gasteiger partial charge in [0.1, 0.15) is 16.7 Å². The molecule has 11 heteroatoms. The number of carbonyl (C=O) groups is 4. The Morgan fingerprint density at radius 1 is 1.24 bits per heavy atom. The summed E-state index contributed by atoms with van der Waals surface area (Å²) in [6, 6.07) is 10.0. The van der Waals surface area contributed by atoms with Crippen molar-refractivity contribution in [2.75, 3.05) is 7.05 Å². The Balaban J connectivity index is 1.31. The van der Waals surface area contributed by atoms with Crippen LogP contribution >= 0.6 is 11.3 Å². The SMILES string of the molecule is C=[N+](C(=O)NC(C)(C)c1nc2ccc(CNC)cc2s1)c1ccc2c(c1)CN(C1CCC(=O)NC1=O)C2=O. The number of aromatic nitrogens is 1. The molecule has 1 fully saturated rings. The lowest BCUT2D eigenvalue weighted by Crippen LogP contribution is -2.52. The molecule has 3 aromatic rings. The van der Waals surface area contributed by atoms with Crippen LogP contribution < -0.4 is 16.0 Å². The van der Waals surface area contributed by atoms with E-state index in [1.54, 1.807) is 18.2 Å². The number of urea groups is 1. The summed E-state index contributed by atoms with van der Waals surface area (Å²) >= 11 is 1.54. The summed E-state index contributed by atoms with van der Waals surface area (Å²) in [5.74, 6) is -1.06. The van der Waals surface area contributed by atoms with Crippen molar-refractivity contribution in [2.24, 2.45) is 0 Å². The monoisotopic (exact) mass is 533 g/mol. The molecule has 0 aliphatic carbocycles. The van der Waals surface area contributed by atoms with Gasteiger partial charge in [-0.05, 0) is 68.8 Å². The number of rotatable bonds is 6. The topological polar surface area (TPSA) is 124 Å². The highest BCUT2D eigenvalue weighted by Gasteiger charge is 2.40. The molecule has 1 atom stereocenters. The van der Waals surface area contributed by atoms with Crippen molar-refractivity contribution in [1.29, 1.82) is 0 Å². The first kappa shape index (κ1) is 25.7. The molecule has 5 amide bonds. The fourth-order valence-corrected chi connectivity index (χ4v) is 5.87. The molecule has 0 saturated carbocycles. The van der Waals surface area contributed by atoms with Crippen LogP contribution in [0, 0.1) is 0 Å². The zero-order chi connectivity index (χ0) is 27.2. The van der Waals surface area contributed by atoms with Crippen LogP contribution in [0.25, 0.3) is 10.2 Å². The zero-order valence-electron chi connectivity index (χ0n) is 21.5. The van der Waals surface area contributed by atoms with Crippen molar-refractivity contribution in [3.05, 3.63) is 58.1 Å². The zero-order valence-corrected chi connectivity index (χ0v) is 22.3.